The first-order valence-corrected chi connectivity index (χ1v) is 10.7. The Bertz CT molecular complexity index is 1160. The molecule has 1 fully saturated rings. The monoisotopic (exact) mass is 485 g/mol. The lowest BCUT2D eigenvalue weighted by molar-refractivity contribution is -0.137. The molecule has 2 aromatic heterocycles. The summed E-state index contributed by atoms with van der Waals surface area (Å²) in [5.74, 6) is -0.712. The molecule has 1 atom stereocenters. The van der Waals surface area contributed by atoms with Gasteiger partial charge in [0.05, 0.1) is 22.4 Å². The number of carbonyl (C=O) groups excluding carboxylic acids is 1. The molecular weight excluding hydrogens is 466 g/mol. The van der Waals surface area contributed by atoms with E-state index in [1.54, 1.807) is 0 Å². The molecule has 1 saturated heterocycles. The van der Waals surface area contributed by atoms with Crippen LogP contribution in [-0.2, 0) is 6.18 Å². The Hall–Kier alpha value is -3.03. The van der Waals surface area contributed by atoms with Crippen molar-refractivity contribution in [3.63, 3.8) is 0 Å². The second-order valence-corrected chi connectivity index (χ2v) is 8.40. The summed E-state index contributed by atoms with van der Waals surface area (Å²) >= 11 is 1.12. The van der Waals surface area contributed by atoms with Gasteiger partial charge in [-0.25, -0.2) is 19.2 Å². The Morgan fingerprint density at radius 2 is 1.94 bits per heavy atom. The highest BCUT2D eigenvalue weighted by Crippen LogP contribution is 2.37. The Morgan fingerprint density at radius 1 is 1.21 bits per heavy atom. The highest BCUT2D eigenvalue weighted by Gasteiger charge is 2.37. The molecule has 1 aromatic carbocycles. The van der Waals surface area contributed by atoms with Crippen molar-refractivity contribution in [1.29, 1.82) is 0 Å². The van der Waals surface area contributed by atoms with Gasteiger partial charge in [-0.1, -0.05) is 11.3 Å². The number of aromatic nitrogens is 2. The molecule has 4 rings (SSSR count). The van der Waals surface area contributed by atoms with Gasteiger partial charge < -0.3 is 20.0 Å². The number of hydrogen-bond donors (Lipinski definition) is 3. The maximum Gasteiger partial charge on any atom is 0.419 e. The average molecular weight is 485 g/mol. The van der Waals surface area contributed by atoms with Gasteiger partial charge in [0.2, 0.25) is 0 Å². The van der Waals surface area contributed by atoms with Crippen LogP contribution in [0.5, 0.6) is 0 Å². The lowest BCUT2D eigenvalue weighted by atomic mass is 10.1. The molecule has 0 bridgehead atoms. The van der Waals surface area contributed by atoms with E-state index in [9.17, 15) is 27.5 Å². The number of amides is 2. The molecular formula is C20H19F4N5O3S. The number of hydrogen-bond acceptors (Lipinski definition) is 7. The number of benzene rings is 1. The van der Waals surface area contributed by atoms with Crippen LogP contribution in [0.4, 0.5) is 33.3 Å². The minimum absolute atomic E-state index is 0.108. The topological polar surface area (TPSA) is 102 Å². The van der Waals surface area contributed by atoms with E-state index in [-0.39, 0.29) is 37.6 Å². The number of anilines is 2. The largest absolute Gasteiger partial charge is 0.419 e. The summed E-state index contributed by atoms with van der Waals surface area (Å²) < 4.78 is 54.7. The van der Waals surface area contributed by atoms with E-state index in [0.717, 1.165) is 23.6 Å². The van der Waals surface area contributed by atoms with Crippen molar-refractivity contribution in [2.75, 3.05) is 43.0 Å². The van der Waals surface area contributed by atoms with Crippen LogP contribution in [0.15, 0.2) is 30.5 Å². The molecule has 3 heterocycles. The quantitative estimate of drug-likeness (QED) is 0.491. The van der Waals surface area contributed by atoms with Crippen LogP contribution < -0.4 is 10.2 Å². The first-order chi connectivity index (χ1) is 15.7. The van der Waals surface area contributed by atoms with E-state index in [4.69, 9.17) is 5.11 Å². The molecule has 0 saturated carbocycles. The maximum atomic E-state index is 13.6. The van der Waals surface area contributed by atoms with E-state index in [2.05, 4.69) is 15.3 Å². The van der Waals surface area contributed by atoms with Crippen molar-refractivity contribution in [3.8, 4) is 0 Å². The molecule has 13 heteroatoms. The summed E-state index contributed by atoms with van der Waals surface area (Å²) in [7, 11) is 0. The molecule has 0 spiro atoms. The number of aliphatic hydroxyl groups is 2. The van der Waals surface area contributed by atoms with E-state index in [1.165, 1.54) is 28.0 Å². The van der Waals surface area contributed by atoms with Gasteiger partial charge in [-0.15, -0.1) is 0 Å². The lowest BCUT2D eigenvalue weighted by Gasteiger charge is -2.36. The summed E-state index contributed by atoms with van der Waals surface area (Å²) in [5.41, 5.74) is -0.614. The van der Waals surface area contributed by atoms with Crippen LogP contribution in [0, 0.1) is 5.82 Å². The summed E-state index contributed by atoms with van der Waals surface area (Å²) in [4.78, 5) is 23.6. The third kappa shape index (κ3) is 4.99. The zero-order valence-electron chi connectivity index (χ0n) is 17.0. The number of nitrogens with zero attached hydrogens (tertiary/aromatic N) is 4. The van der Waals surface area contributed by atoms with Crippen LogP contribution in [0.25, 0.3) is 10.2 Å². The Labute approximate surface area is 189 Å². The molecule has 0 radical (unpaired) electrons. The van der Waals surface area contributed by atoms with Crippen molar-refractivity contribution in [3.05, 3.63) is 47.4 Å². The number of halogens is 4. The average Bonchev–Trinajstić information content (AvgIpc) is 3.18. The number of carbonyl (C=O) groups is 1. The number of fused-ring (bicyclic) bond motifs is 1. The predicted molar refractivity (Wildman–Crippen MR) is 114 cm³/mol. The molecule has 2 amide bonds. The van der Waals surface area contributed by atoms with Crippen LogP contribution >= 0.6 is 11.3 Å². The third-order valence-electron chi connectivity index (χ3n) is 5.18. The number of rotatable bonds is 4. The second-order valence-electron chi connectivity index (χ2n) is 7.37. The van der Waals surface area contributed by atoms with Crippen LogP contribution in [-0.4, -0.2) is 63.9 Å². The van der Waals surface area contributed by atoms with Gasteiger partial charge in [0, 0.05) is 37.9 Å². The Morgan fingerprint density at radius 3 is 2.61 bits per heavy atom. The van der Waals surface area contributed by atoms with Crippen molar-refractivity contribution in [2.45, 2.75) is 12.3 Å². The molecule has 1 aliphatic rings. The SMILES string of the molecule is O=C(Nc1nc2ccc(F)cc2s1)N1CCN(c2ncc([C@H](O)CO)cc2C(F)(F)F)CC1. The number of pyridine rings is 1. The van der Waals surface area contributed by atoms with Gasteiger partial charge in [0.1, 0.15) is 17.7 Å². The normalized spacial score (nSPS) is 15.7. The summed E-state index contributed by atoms with van der Waals surface area (Å²) in [6, 6.07) is 4.41. The third-order valence-corrected chi connectivity index (χ3v) is 6.12. The molecule has 0 aliphatic carbocycles. The van der Waals surface area contributed by atoms with E-state index in [1.807, 2.05) is 0 Å². The van der Waals surface area contributed by atoms with Gasteiger partial charge in [-0.2, -0.15) is 13.2 Å². The molecule has 3 N–H and O–H groups in total. The fraction of sp³-hybridized carbons (Fsp3) is 0.350. The minimum atomic E-state index is -4.71. The zero-order valence-corrected chi connectivity index (χ0v) is 17.8. The molecule has 3 aromatic rings. The lowest BCUT2D eigenvalue weighted by Crippen LogP contribution is -2.50. The number of alkyl halides is 3. The highest BCUT2D eigenvalue weighted by atomic mass is 32.1. The second kappa shape index (κ2) is 9.08. The smallest absolute Gasteiger partial charge is 0.393 e. The van der Waals surface area contributed by atoms with Gasteiger partial charge in [0.25, 0.3) is 0 Å². The number of urea groups is 1. The first kappa shape index (κ1) is 23.1. The van der Waals surface area contributed by atoms with Crippen molar-refractivity contribution >= 4 is 38.5 Å². The van der Waals surface area contributed by atoms with Gasteiger partial charge in [-0.3, -0.25) is 5.32 Å². The Kier molecular flexibility index (Phi) is 6.36. The summed E-state index contributed by atoms with van der Waals surface area (Å²) in [6.45, 7) is -0.223. The number of thiazole rings is 1. The standard InChI is InChI=1S/C20H19F4N5O3S/c21-12-1-2-14-16(8-12)33-18(26-14)27-19(32)29-5-3-28(4-6-29)17-13(20(22,23)24)7-11(9-25-17)15(31)10-30/h1-2,7-9,15,30-31H,3-6,10H2,(H,26,27,32)/t15-/m1/s1. The van der Waals surface area contributed by atoms with Gasteiger partial charge >= 0.3 is 12.2 Å². The van der Waals surface area contributed by atoms with Crippen LogP contribution in [0.2, 0.25) is 0 Å². The minimum Gasteiger partial charge on any atom is -0.393 e. The molecule has 0 unspecified atom stereocenters. The number of nitrogens with one attached hydrogen (secondary N) is 1. The van der Waals surface area contributed by atoms with Crippen molar-refractivity contribution in [1.82, 2.24) is 14.9 Å². The predicted octanol–water partition coefficient (Wildman–Crippen LogP) is 3.23. The molecule has 1 aliphatic heterocycles. The summed E-state index contributed by atoms with van der Waals surface area (Å²) in [5, 5.41) is 21.6. The molecule has 33 heavy (non-hydrogen) atoms. The fourth-order valence-electron chi connectivity index (χ4n) is 3.47. The summed E-state index contributed by atoms with van der Waals surface area (Å²) in [6.07, 6.45) is -5.08. The van der Waals surface area contributed by atoms with Gasteiger partial charge in [-0.05, 0) is 24.3 Å². The fourth-order valence-corrected chi connectivity index (χ4v) is 4.35. The zero-order chi connectivity index (χ0) is 23.8. The maximum absolute atomic E-state index is 13.6. The van der Waals surface area contributed by atoms with E-state index in [0.29, 0.717) is 15.3 Å². The van der Waals surface area contributed by atoms with Gasteiger partial charge in [0.15, 0.2) is 5.13 Å². The molecule has 8 nitrogen and oxygen atoms in total. The van der Waals surface area contributed by atoms with Crippen molar-refractivity contribution < 1.29 is 32.6 Å². The van der Waals surface area contributed by atoms with Crippen LogP contribution in [0.1, 0.15) is 17.2 Å². The van der Waals surface area contributed by atoms with E-state index >= 15 is 0 Å². The number of aliphatic hydroxyl groups excluding tert-OH is 2. The highest BCUT2D eigenvalue weighted by molar-refractivity contribution is 7.22. The Balaban J connectivity index is 1.44. The van der Waals surface area contributed by atoms with E-state index < -0.39 is 36.3 Å². The number of piperazine rings is 1. The van der Waals surface area contributed by atoms with Crippen molar-refractivity contribution in [2.24, 2.45) is 0 Å². The molecule has 176 valence electrons. The first-order valence-electron chi connectivity index (χ1n) is 9.88. The van der Waals surface area contributed by atoms with Crippen LogP contribution in [0.3, 0.4) is 0 Å².